The summed E-state index contributed by atoms with van der Waals surface area (Å²) in [5.41, 5.74) is 0.470. The summed E-state index contributed by atoms with van der Waals surface area (Å²) >= 11 is 0. The molecule has 1 aliphatic carbocycles. The molecule has 19 heavy (non-hydrogen) atoms. The number of likely N-dealkylation sites (tertiary alicyclic amines) is 1. The predicted molar refractivity (Wildman–Crippen MR) is 90.3 cm³/mol. The predicted octanol–water partition coefficient (Wildman–Crippen LogP) is 2.48. The summed E-state index contributed by atoms with van der Waals surface area (Å²) in [7, 11) is 3.62. The number of ether oxygens (including phenoxy) is 1. The molecule has 0 amide bonds. The second-order valence-electron chi connectivity index (χ2n) is 6.39. The molecule has 1 heterocycles. The highest BCUT2D eigenvalue weighted by Gasteiger charge is 2.43. The minimum Gasteiger partial charge on any atom is -0.377 e. The smallest absolute Gasteiger partial charge is 0.193 e. The topological polar surface area (TPSA) is 36.9 Å². The van der Waals surface area contributed by atoms with E-state index in [2.05, 4.69) is 29.1 Å². The molecule has 4 nitrogen and oxygen atoms in total. The van der Waals surface area contributed by atoms with Gasteiger partial charge in [-0.3, -0.25) is 4.99 Å². The van der Waals surface area contributed by atoms with Crippen LogP contribution in [-0.4, -0.2) is 50.3 Å². The Labute approximate surface area is 134 Å². The van der Waals surface area contributed by atoms with Crippen molar-refractivity contribution in [3.63, 3.8) is 0 Å². The van der Waals surface area contributed by atoms with Gasteiger partial charge in [-0.1, -0.05) is 6.42 Å². The lowest BCUT2D eigenvalue weighted by molar-refractivity contribution is 0.0263. The van der Waals surface area contributed by atoms with Crippen molar-refractivity contribution >= 4 is 29.9 Å². The summed E-state index contributed by atoms with van der Waals surface area (Å²) in [6.45, 7) is 7.29. The molecule has 5 heteroatoms. The Morgan fingerprint density at radius 2 is 2.05 bits per heavy atom. The van der Waals surface area contributed by atoms with Crippen LogP contribution in [0.25, 0.3) is 0 Å². The first-order valence-electron chi connectivity index (χ1n) is 7.01. The highest BCUT2D eigenvalue weighted by Crippen LogP contribution is 2.47. The van der Waals surface area contributed by atoms with Crippen LogP contribution < -0.4 is 5.32 Å². The summed E-state index contributed by atoms with van der Waals surface area (Å²) in [5.74, 6) is 1.03. The van der Waals surface area contributed by atoms with Crippen LogP contribution in [0.5, 0.6) is 0 Å². The van der Waals surface area contributed by atoms with Crippen LogP contribution >= 0.6 is 24.0 Å². The van der Waals surface area contributed by atoms with Gasteiger partial charge in [0.05, 0.1) is 5.60 Å². The minimum absolute atomic E-state index is 0. The summed E-state index contributed by atoms with van der Waals surface area (Å²) in [4.78, 5) is 6.81. The molecule has 2 rings (SSSR count). The maximum absolute atomic E-state index is 5.43. The van der Waals surface area contributed by atoms with Gasteiger partial charge in [0.25, 0.3) is 0 Å². The molecule has 0 unspecified atom stereocenters. The van der Waals surface area contributed by atoms with E-state index in [0.717, 1.165) is 19.0 Å². The van der Waals surface area contributed by atoms with E-state index in [-0.39, 0.29) is 29.6 Å². The van der Waals surface area contributed by atoms with Crippen LogP contribution in [0.15, 0.2) is 4.99 Å². The Bertz CT molecular complexity index is 327. The Kier molecular flexibility index (Phi) is 5.92. The van der Waals surface area contributed by atoms with Crippen molar-refractivity contribution in [2.45, 2.75) is 45.1 Å². The number of hydrogen-bond acceptors (Lipinski definition) is 2. The molecule has 2 fully saturated rings. The van der Waals surface area contributed by atoms with Crippen molar-refractivity contribution in [2.24, 2.45) is 10.4 Å². The molecule has 1 saturated carbocycles. The van der Waals surface area contributed by atoms with Crippen molar-refractivity contribution < 1.29 is 4.74 Å². The second-order valence-corrected chi connectivity index (χ2v) is 6.39. The third kappa shape index (κ3) is 3.97. The average Bonchev–Trinajstić information content (AvgIpc) is 2.75. The van der Waals surface area contributed by atoms with E-state index in [1.54, 1.807) is 7.11 Å². The van der Waals surface area contributed by atoms with E-state index >= 15 is 0 Å². The zero-order valence-electron chi connectivity index (χ0n) is 12.7. The molecule has 0 atom stereocenters. The first kappa shape index (κ1) is 17.0. The van der Waals surface area contributed by atoms with E-state index in [1.165, 1.54) is 32.2 Å². The Morgan fingerprint density at radius 1 is 1.37 bits per heavy atom. The van der Waals surface area contributed by atoms with Gasteiger partial charge in [-0.25, -0.2) is 0 Å². The average molecular weight is 381 g/mol. The van der Waals surface area contributed by atoms with Gasteiger partial charge in [-0.2, -0.15) is 0 Å². The maximum Gasteiger partial charge on any atom is 0.193 e. The number of methoxy groups -OCH3 is 1. The highest BCUT2D eigenvalue weighted by molar-refractivity contribution is 14.0. The van der Waals surface area contributed by atoms with Gasteiger partial charge in [0.15, 0.2) is 5.96 Å². The third-order valence-electron chi connectivity index (χ3n) is 4.59. The van der Waals surface area contributed by atoms with Crippen LogP contribution in [0.3, 0.4) is 0 Å². The quantitative estimate of drug-likeness (QED) is 0.464. The van der Waals surface area contributed by atoms with E-state index < -0.39 is 0 Å². The van der Waals surface area contributed by atoms with Crippen molar-refractivity contribution in [2.75, 3.05) is 33.8 Å². The maximum atomic E-state index is 5.43. The summed E-state index contributed by atoms with van der Waals surface area (Å²) in [5, 5.41) is 3.44. The number of halogens is 1. The van der Waals surface area contributed by atoms with Gasteiger partial charge in [0.1, 0.15) is 0 Å². The Balaban J connectivity index is 0.00000180. The fourth-order valence-corrected chi connectivity index (χ4v) is 2.90. The molecule has 1 saturated heterocycles. The molecule has 1 N–H and O–H groups in total. The standard InChI is InChI=1S/C14H27N3O.HI/c1-13(2,18-4)10-16-12(15-3)17-9-8-14(11-17)6-5-7-14;/h5-11H2,1-4H3,(H,15,16);1H. The van der Waals surface area contributed by atoms with Crippen LogP contribution in [0.4, 0.5) is 0 Å². The van der Waals surface area contributed by atoms with Crippen molar-refractivity contribution in [1.29, 1.82) is 0 Å². The lowest BCUT2D eigenvalue weighted by atomic mass is 9.68. The number of nitrogens with zero attached hydrogens (tertiary/aromatic N) is 2. The molecular weight excluding hydrogens is 353 g/mol. The zero-order chi connectivity index (χ0) is 13.2. The Morgan fingerprint density at radius 3 is 2.47 bits per heavy atom. The van der Waals surface area contributed by atoms with Gasteiger partial charge in [-0.15, -0.1) is 24.0 Å². The minimum atomic E-state index is -0.149. The van der Waals surface area contributed by atoms with E-state index in [0.29, 0.717) is 5.41 Å². The van der Waals surface area contributed by atoms with Crippen molar-refractivity contribution in [3.05, 3.63) is 0 Å². The SMILES string of the molecule is CN=C(NCC(C)(C)OC)N1CCC2(CCC2)C1.I. The summed E-state index contributed by atoms with van der Waals surface area (Å²) in [6, 6.07) is 0. The van der Waals surface area contributed by atoms with Gasteiger partial charge < -0.3 is 15.0 Å². The number of guanidine groups is 1. The summed E-state index contributed by atoms with van der Waals surface area (Å²) in [6.07, 6.45) is 5.56. The van der Waals surface area contributed by atoms with E-state index in [9.17, 15) is 0 Å². The monoisotopic (exact) mass is 381 g/mol. The van der Waals surface area contributed by atoms with Gasteiger partial charge in [0, 0.05) is 33.8 Å². The van der Waals surface area contributed by atoms with Gasteiger partial charge in [-0.05, 0) is 38.5 Å². The highest BCUT2D eigenvalue weighted by atomic mass is 127. The molecule has 0 radical (unpaired) electrons. The van der Waals surface area contributed by atoms with Crippen LogP contribution in [0.2, 0.25) is 0 Å². The molecule has 0 aromatic rings. The first-order chi connectivity index (χ1) is 8.50. The van der Waals surface area contributed by atoms with E-state index in [4.69, 9.17) is 4.74 Å². The summed E-state index contributed by atoms with van der Waals surface area (Å²) < 4.78 is 5.43. The number of rotatable bonds is 3. The van der Waals surface area contributed by atoms with Crippen molar-refractivity contribution in [1.82, 2.24) is 10.2 Å². The number of nitrogens with one attached hydrogen (secondary N) is 1. The van der Waals surface area contributed by atoms with Crippen molar-refractivity contribution in [3.8, 4) is 0 Å². The molecule has 112 valence electrons. The largest absolute Gasteiger partial charge is 0.377 e. The second kappa shape index (κ2) is 6.61. The van der Waals surface area contributed by atoms with Crippen LogP contribution in [-0.2, 0) is 4.74 Å². The normalized spacial score (nSPS) is 22.1. The molecule has 2 aliphatic rings. The zero-order valence-corrected chi connectivity index (χ0v) is 15.0. The van der Waals surface area contributed by atoms with Gasteiger partial charge in [0.2, 0.25) is 0 Å². The molecular formula is C14H28IN3O. The molecule has 1 spiro atoms. The number of aliphatic imine (C=N–C) groups is 1. The fraction of sp³-hybridized carbons (Fsp3) is 0.929. The third-order valence-corrected chi connectivity index (χ3v) is 4.59. The van der Waals surface area contributed by atoms with Gasteiger partial charge >= 0.3 is 0 Å². The Hall–Kier alpha value is -0.0400. The lowest BCUT2D eigenvalue weighted by Crippen LogP contribution is -2.47. The lowest BCUT2D eigenvalue weighted by Gasteiger charge is -2.38. The van der Waals surface area contributed by atoms with E-state index in [1.807, 2.05) is 7.05 Å². The van der Waals surface area contributed by atoms with Crippen LogP contribution in [0, 0.1) is 5.41 Å². The van der Waals surface area contributed by atoms with Crippen LogP contribution in [0.1, 0.15) is 39.5 Å². The fourth-order valence-electron chi connectivity index (χ4n) is 2.90. The first-order valence-corrected chi connectivity index (χ1v) is 7.01. The molecule has 0 aromatic heterocycles. The number of hydrogen-bond donors (Lipinski definition) is 1. The molecule has 1 aliphatic heterocycles. The molecule has 0 aromatic carbocycles. The molecule has 0 bridgehead atoms.